The van der Waals surface area contributed by atoms with Gasteiger partial charge < -0.3 is 5.73 Å². The highest BCUT2D eigenvalue weighted by molar-refractivity contribution is 7.80. The van der Waals surface area contributed by atoms with E-state index in [4.69, 9.17) is 29.6 Å². The van der Waals surface area contributed by atoms with Gasteiger partial charge >= 0.3 is 0 Å². The summed E-state index contributed by atoms with van der Waals surface area (Å²) >= 11 is 10.9. The molecule has 0 saturated carbocycles. The molecule has 1 aromatic heterocycles. The van der Waals surface area contributed by atoms with Crippen LogP contribution in [0.25, 0.3) is 0 Å². The van der Waals surface area contributed by atoms with Gasteiger partial charge in [-0.1, -0.05) is 23.7 Å². The molecule has 0 aliphatic rings. The number of anilines is 1. The zero-order valence-corrected chi connectivity index (χ0v) is 13.1. The summed E-state index contributed by atoms with van der Waals surface area (Å²) in [4.78, 5) is 12.2. The number of nitrogens with two attached hydrogens (primary N) is 1. The fourth-order valence-corrected chi connectivity index (χ4v) is 2.20. The Morgan fingerprint density at radius 1 is 1.52 bits per heavy atom. The van der Waals surface area contributed by atoms with Gasteiger partial charge in [-0.05, 0) is 36.8 Å². The van der Waals surface area contributed by atoms with E-state index in [-0.39, 0.29) is 15.8 Å². The van der Waals surface area contributed by atoms with Crippen molar-refractivity contribution in [1.82, 2.24) is 15.2 Å². The van der Waals surface area contributed by atoms with Crippen LogP contribution in [0.5, 0.6) is 0 Å². The van der Waals surface area contributed by atoms with Gasteiger partial charge in [-0.3, -0.25) is 14.9 Å². The lowest BCUT2D eigenvalue weighted by atomic mass is 10.2. The molecule has 0 atom stereocenters. The summed E-state index contributed by atoms with van der Waals surface area (Å²) < 4.78 is 1.45. The van der Waals surface area contributed by atoms with E-state index in [1.807, 2.05) is 25.1 Å². The molecule has 0 aliphatic carbocycles. The number of carbonyl (C=O) groups is 1. The van der Waals surface area contributed by atoms with E-state index in [0.29, 0.717) is 5.69 Å². The van der Waals surface area contributed by atoms with Crippen LogP contribution in [0.1, 0.15) is 16.1 Å². The van der Waals surface area contributed by atoms with Crippen molar-refractivity contribution < 1.29 is 4.79 Å². The maximum atomic E-state index is 12.2. The number of carbonyl (C=O) groups excluding carboxylic acids is 1. The topological polar surface area (TPSA) is 76.2 Å². The molecule has 1 heterocycles. The first-order chi connectivity index (χ1) is 9.88. The van der Waals surface area contributed by atoms with Crippen LogP contribution in [0, 0.1) is 6.92 Å². The number of aromatic nitrogens is 2. The van der Waals surface area contributed by atoms with E-state index < -0.39 is 5.91 Å². The van der Waals surface area contributed by atoms with E-state index in [1.165, 1.54) is 15.9 Å². The molecule has 0 bridgehead atoms. The number of aryl methyl sites for hydroxylation is 2. The molecular weight excluding hydrogens is 310 g/mol. The maximum Gasteiger partial charge on any atom is 0.292 e. The number of hydrazine groups is 1. The second-order valence-corrected chi connectivity index (χ2v) is 5.28. The minimum absolute atomic E-state index is 0.0148. The number of nitrogens with one attached hydrogen (secondary N) is 1. The summed E-state index contributed by atoms with van der Waals surface area (Å²) in [6.07, 6.45) is 1.54. The van der Waals surface area contributed by atoms with Crippen LogP contribution in [-0.4, -0.2) is 20.8 Å². The summed E-state index contributed by atoms with van der Waals surface area (Å²) in [6, 6.07) is 7.40. The monoisotopic (exact) mass is 323 g/mol. The van der Waals surface area contributed by atoms with Crippen molar-refractivity contribution in [2.24, 2.45) is 12.8 Å². The summed E-state index contributed by atoms with van der Waals surface area (Å²) in [5.74, 6) is -0.491. The summed E-state index contributed by atoms with van der Waals surface area (Å²) in [7, 11) is 1.68. The Morgan fingerprint density at radius 2 is 2.24 bits per heavy atom. The third-order valence-electron chi connectivity index (χ3n) is 2.69. The zero-order valence-electron chi connectivity index (χ0n) is 11.5. The average Bonchev–Trinajstić information content (AvgIpc) is 2.74. The van der Waals surface area contributed by atoms with E-state index in [0.717, 1.165) is 5.56 Å². The van der Waals surface area contributed by atoms with E-state index in [2.05, 4.69) is 10.5 Å². The van der Waals surface area contributed by atoms with Crippen LogP contribution >= 0.6 is 23.8 Å². The Hall–Kier alpha value is -2.12. The first-order valence-electron chi connectivity index (χ1n) is 6.05. The Balaban J connectivity index is 2.27. The molecule has 0 radical (unpaired) electrons. The Kier molecular flexibility index (Phi) is 4.44. The predicted molar refractivity (Wildman–Crippen MR) is 86.1 cm³/mol. The van der Waals surface area contributed by atoms with Crippen LogP contribution in [0.3, 0.4) is 0 Å². The Morgan fingerprint density at radius 3 is 2.76 bits per heavy atom. The zero-order chi connectivity index (χ0) is 15.6. The maximum absolute atomic E-state index is 12.2. The minimum atomic E-state index is -0.491. The van der Waals surface area contributed by atoms with Crippen molar-refractivity contribution in [3.05, 3.63) is 46.7 Å². The van der Waals surface area contributed by atoms with Crippen molar-refractivity contribution in [2.75, 3.05) is 5.01 Å². The van der Waals surface area contributed by atoms with Gasteiger partial charge in [-0.2, -0.15) is 5.10 Å². The van der Waals surface area contributed by atoms with Gasteiger partial charge in [0.05, 0.1) is 10.7 Å². The number of benzene rings is 1. The molecule has 2 aromatic rings. The first kappa shape index (κ1) is 15.3. The van der Waals surface area contributed by atoms with Crippen molar-refractivity contribution in [1.29, 1.82) is 0 Å². The number of halogens is 1. The van der Waals surface area contributed by atoms with Gasteiger partial charge in [-0.25, -0.2) is 5.01 Å². The molecule has 3 N–H and O–H groups in total. The molecule has 21 heavy (non-hydrogen) atoms. The predicted octanol–water partition coefficient (Wildman–Crippen LogP) is 1.78. The molecular formula is C13H14ClN5OS. The smallest absolute Gasteiger partial charge is 0.292 e. The van der Waals surface area contributed by atoms with Gasteiger partial charge in [0, 0.05) is 13.2 Å². The highest BCUT2D eigenvalue weighted by Gasteiger charge is 2.19. The molecule has 0 aliphatic heterocycles. The largest absolute Gasteiger partial charge is 0.374 e. The standard InChI is InChI=1S/C13H14ClN5OS/c1-8-4-3-5-9(6-8)19(13(15)21)17-12(20)11-10(14)7-18(2)16-11/h3-7H,1-2H3,(H2,15,21)(H,17,20). The third kappa shape index (κ3) is 3.50. The third-order valence-corrected chi connectivity index (χ3v) is 3.15. The number of amides is 1. The first-order valence-corrected chi connectivity index (χ1v) is 6.83. The molecule has 1 amide bonds. The molecule has 0 fully saturated rings. The molecule has 110 valence electrons. The molecule has 0 unspecified atom stereocenters. The summed E-state index contributed by atoms with van der Waals surface area (Å²) in [5, 5.41) is 5.58. The lowest BCUT2D eigenvalue weighted by molar-refractivity contribution is 0.0949. The number of thiocarbonyl (C=S) groups is 1. The number of hydrogen-bond acceptors (Lipinski definition) is 3. The average molecular weight is 324 g/mol. The fourth-order valence-electron chi connectivity index (χ4n) is 1.78. The summed E-state index contributed by atoms with van der Waals surface area (Å²) in [5.41, 5.74) is 10.0. The normalized spacial score (nSPS) is 10.2. The van der Waals surface area contributed by atoms with Gasteiger partial charge in [0.1, 0.15) is 0 Å². The second-order valence-electron chi connectivity index (χ2n) is 4.45. The lowest BCUT2D eigenvalue weighted by Crippen LogP contribution is -2.49. The summed E-state index contributed by atoms with van der Waals surface area (Å²) in [6.45, 7) is 1.93. The lowest BCUT2D eigenvalue weighted by Gasteiger charge is -2.23. The quantitative estimate of drug-likeness (QED) is 0.651. The van der Waals surface area contributed by atoms with E-state index in [9.17, 15) is 4.79 Å². The van der Waals surface area contributed by atoms with Gasteiger partial charge in [0.2, 0.25) is 0 Å². The molecule has 1 aromatic carbocycles. The highest BCUT2D eigenvalue weighted by atomic mass is 35.5. The van der Waals surface area contributed by atoms with Crippen molar-refractivity contribution >= 4 is 40.5 Å². The number of rotatable bonds is 2. The minimum Gasteiger partial charge on any atom is -0.374 e. The van der Waals surface area contributed by atoms with E-state index in [1.54, 1.807) is 13.1 Å². The van der Waals surface area contributed by atoms with Crippen molar-refractivity contribution in [3.63, 3.8) is 0 Å². The van der Waals surface area contributed by atoms with Crippen LogP contribution < -0.4 is 16.2 Å². The fraction of sp³-hybridized carbons (Fsp3) is 0.154. The molecule has 6 nitrogen and oxygen atoms in total. The van der Waals surface area contributed by atoms with Crippen molar-refractivity contribution in [2.45, 2.75) is 6.92 Å². The second kappa shape index (κ2) is 6.11. The van der Waals surface area contributed by atoms with Crippen LogP contribution in [-0.2, 0) is 7.05 Å². The number of nitrogens with zero attached hydrogens (tertiary/aromatic N) is 3. The Bertz CT molecular complexity index is 700. The van der Waals surface area contributed by atoms with Crippen LogP contribution in [0.4, 0.5) is 5.69 Å². The van der Waals surface area contributed by atoms with Gasteiger partial charge in [-0.15, -0.1) is 0 Å². The highest BCUT2D eigenvalue weighted by Crippen LogP contribution is 2.16. The van der Waals surface area contributed by atoms with Crippen LogP contribution in [0.15, 0.2) is 30.5 Å². The SMILES string of the molecule is Cc1cccc(N(NC(=O)c2nn(C)cc2Cl)C(N)=S)c1. The van der Waals surface area contributed by atoms with E-state index >= 15 is 0 Å². The Labute approximate surface area is 132 Å². The molecule has 0 spiro atoms. The molecule has 8 heteroatoms. The van der Waals surface area contributed by atoms with Gasteiger partial charge in [0.25, 0.3) is 5.91 Å². The molecule has 2 rings (SSSR count). The van der Waals surface area contributed by atoms with Gasteiger partial charge in [0.15, 0.2) is 10.8 Å². The molecule has 0 saturated heterocycles. The number of hydrogen-bond donors (Lipinski definition) is 2. The van der Waals surface area contributed by atoms with Crippen LogP contribution in [0.2, 0.25) is 5.02 Å². The van der Waals surface area contributed by atoms with Crippen molar-refractivity contribution in [3.8, 4) is 0 Å².